The summed E-state index contributed by atoms with van der Waals surface area (Å²) in [6.07, 6.45) is 0. The molecule has 0 atom stereocenters. The van der Waals surface area contributed by atoms with E-state index in [-0.39, 0.29) is 22.9 Å². The quantitative estimate of drug-likeness (QED) is 0.317. The minimum absolute atomic E-state index is 0.118. The zero-order chi connectivity index (χ0) is 23.5. The van der Waals surface area contributed by atoms with Gasteiger partial charge in [-0.25, -0.2) is 0 Å². The van der Waals surface area contributed by atoms with Crippen LogP contribution >= 0.6 is 0 Å². The number of carbonyl (C=O) groups is 4. The lowest BCUT2D eigenvalue weighted by atomic mass is 10.2. The van der Waals surface area contributed by atoms with Crippen LogP contribution in [-0.2, 0) is 14.3 Å². The number of hydrogen-bond acceptors (Lipinski definition) is 7. The zero-order valence-electron chi connectivity index (χ0n) is 17.0. The van der Waals surface area contributed by atoms with Gasteiger partial charge in [-0.3, -0.25) is 19.2 Å². The van der Waals surface area contributed by atoms with Gasteiger partial charge in [0, 0.05) is 10.8 Å². The first-order valence-corrected chi connectivity index (χ1v) is 9.65. The van der Waals surface area contributed by atoms with E-state index < -0.39 is 36.8 Å². The number of fused-ring (bicyclic) bond motifs is 2. The molecule has 11 nitrogen and oxygen atoms in total. The Morgan fingerprint density at radius 3 is 1.48 bits per heavy atom. The maximum absolute atomic E-state index is 12.3. The Morgan fingerprint density at radius 1 is 0.697 bits per heavy atom. The molecule has 0 fully saturated rings. The number of hydrogen-bond donors (Lipinski definition) is 4. The van der Waals surface area contributed by atoms with E-state index in [0.29, 0.717) is 21.9 Å². The summed E-state index contributed by atoms with van der Waals surface area (Å²) in [5.74, 6) is -3.37. The average Bonchev–Trinajstić information content (AvgIpc) is 3.33. The SMILES string of the molecule is NC(=O)c1oc2ccccc2c1NC(=O)COCC(=O)Nc1c(C(N)=O)oc2ccccc12. The second-order valence-electron chi connectivity index (χ2n) is 6.92. The van der Waals surface area contributed by atoms with Crippen molar-refractivity contribution in [3.05, 3.63) is 60.1 Å². The van der Waals surface area contributed by atoms with Gasteiger partial charge >= 0.3 is 0 Å². The first-order valence-electron chi connectivity index (χ1n) is 9.65. The average molecular weight is 450 g/mol. The monoisotopic (exact) mass is 450 g/mol. The van der Waals surface area contributed by atoms with Gasteiger partial charge in [0.25, 0.3) is 23.6 Å². The van der Waals surface area contributed by atoms with E-state index in [4.69, 9.17) is 25.0 Å². The number of rotatable bonds is 8. The number of furan rings is 2. The van der Waals surface area contributed by atoms with Crippen LogP contribution in [0.4, 0.5) is 11.4 Å². The minimum Gasteiger partial charge on any atom is -0.449 e. The highest BCUT2D eigenvalue weighted by atomic mass is 16.5. The summed E-state index contributed by atoms with van der Waals surface area (Å²) >= 11 is 0. The molecule has 0 saturated heterocycles. The fourth-order valence-electron chi connectivity index (χ4n) is 3.27. The third kappa shape index (κ3) is 4.38. The van der Waals surface area contributed by atoms with Crippen molar-refractivity contribution in [3.8, 4) is 0 Å². The number of nitrogens with one attached hydrogen (secondary N) is 2. The van der Waals surface area contributed by atoms with E-state index in [1.54, 1.807) is 48.5 Å². The molecule has 0 saturated carbocycles. The highest BCUT2D eigenvalue weighted by Crippen LogP contribution is 2.31. The van der Waals surface area contributed by atoms with E-state index >= 15 is 0 Å². The molecule has 2 heterocycles. The van der Waals surface area contributed by atoms with Crippen molar-refractivity contribution in [1.29, 1.82) is 0 Å². The van der Waals surface area contributed by atoms with Gasteiger partial charge < -0.3 is 35.7 Å². The summed E-state index contributed by atoms with van der Waals surface area (Å²) in [7, 11) is 0. The fraction of sp³-hybridized carbons (Fsp3) is 0.0909. The Hall–Kier alpha value is -4.64. The second-order valence-corrected chi connectivity index (χ2v) is 6.92. The first kappa shape index (κ1) is 21.6. The summed E-state index contributed by atoms with van der Waals surface area (Å²) in [6.45, 7) is -1.00. The Balaban J connectivity index is 1.39. The van der Waals surface area contributed by atoms with E-state index in [1.165, 1.54) is 0 Å². The topological polar surface area (TPSA) is 180 Å². The van der Waals surface area contributed by atoms with Gasteiger partial charge in [0.15, 0.2) is 0 Å². The molecule has 4 rings (SSSR count). The van der Waals surface area contributed by atoms with E-state index in [2.05, 4.69) is 10.6 Å². The van der Waals surface area contributed by atoms with Crippen LogP contribution in [-0.4, -0.2) is 36.8 Å². The molecule has 0 aliphatic heterocycles. The molecule has 33 heavy (non-hydrogen) atoms. The van der Waals surface area contributed by atoms with Crippen molar-refractivity contribution in [2.45, 2.75) is 0 Å². The number of amides is 4. The highest BCUT2D eigenvalue weighted by Gasteiger charge is 2.22. The van der Waals surface area contributed by atoms with Crippen molar-refractivity contribution in [1.82, 2.24) is 0 Å². The van der Waals surface area contributed by atoms with Crippen LogP contribution < -0.4 is 22.1 Å². The maximum Gasteiger partial charge on any atom is 0.286 e. The van der Waals surface area contributed by atoms with Crippen LogP contribution in [0.1, 0.15) is 21.1 Å². The molecule has 168 valence electrons. The smallest absolute Gasteiger partial charge is 0.286 e. The molecule has 0 aliphatic carbocycles. The lowest BCUT2D eigenvalue weighted by Crippen LogP contribution is -2.25. The molecular weight excluding hydrogens is 432 g/mol. The number of para-hydroxylation sites is 2. The summed E-state index contributed by atoms with van der Waals surface area (Å²) in [4.78, 5) is 47.9. The number of carbonyl (C=O) groups excluding carboxylic acids is 4. The molecular formula is C22H18N4O7. The third-order valence-corrected chi connectivity index (χ3v) is 4.63. The van der Waals surface area contributed by atoms with Crippen LogP contribution in [0.3, 0.4) is 0 Å². The highest BCUT2D eigenvalue weighted by molar-refractivity contribution is 6.11. The largest absolute Gasteiger partial charge is 0.449 e. The van der Waals surface area contributed by atoms with Crippen LogP contribution in [0.5, 0.6) is 0 Å². The number of nitrogens with two attached hydrogens (primary N) is 2. The molecule has 0 aliphatic rings. The number of ether oxygens (including phenoxy) is 1. The Bertz CT molecular complexity index is 1300. The van der Waals surface area contributed by atoms with Crippen molar-refractivity contribution < 1.29 is 32.7 Å². The van der Waals surface area contributed by atoms with Crippen molar-refractivity contribution in [2.75, 3.05) is 23.8 Å². The van der Waals surface area contributed by atoms with E-state index in [0.717, 1.165) is 0 Å². The summed E-state index contributed by atoms with van der Waals surface area (Å²) in [6, 6.07) is 13.4. The van der Waals surface area contributed by atoms with Gasteiger partial charge in [0.05, 0.1) is 0 Å². The molecule has 0 radical (unpaired) electrons. The normalized spacial score (nSPS) is 10.9. The van der Waals surface area contributed by atoms with Gasteiger partial charge in [-0.1, -0.05) is 24.3 Å². The fourth-order valence-corrected chi connectivity index (χ4v) is 3.27. The second kappa shape index (κ2) is 8.85. The molecule has 2 aromatic heterocycles. The summed E-state index contributed by atoms with van der Waals surface area (Å²) < 4.78 is 15.9. The molecule has 2 aromatic carbocycles. The van der Waals surface area contributed by atoms with Crippen molar-refractivity contribution >= 4 is 56.9 Å². The lowest BCUT2D eigenvalue weighted by molar-refractivity contribution is -0.125. The number of primary amides is 2. The van der Waals surface area contributed by atoms with Crippen molar-refractivity contribution in [2.24, 2.45) is 11.5 Å². The van der Waals surface area contributed by atoms with Gasteiger partial charge in [-0.15, -0.1) is 0 Å². The molecule has 0 unspecified atom stereocenters. The zero-order valence-corrected chi connectivity index (χ0v) is 17.0. The lowest BCUT2D eigenvalue weighted by Gasteiger charge is -2.07. The Kier molecular flexibility index (Phi) is 5.79. The van der Waals surface area contributed by atoms with Gasteiger partial charge in [-0.2, -0.15) is 0 Å². The summed E-state index contributed by atoms with van der Waals surface area (Å²) in [5, 5.41) is 6.01. The van der Waals surface area contributed by atoms with E-state index in [1.807, 2.05) is 0 Å². The number of anilines is 2. The van der Waals surface area contributed by atoms with Gasteiger partial charge in [0.2, 0.25) is 11.5 Å². The molecule has 6 N–H and O–H groups in total. The standard InChI is InChI=1S/C22H18N4O7/c23-21(29)19-17(11-5-1-3-7-13(11)32-19)25-15(27)9-31-10-16(28)26-18-12-6-2-4-8-14(12)33-20(18)22(24)30/h1-8H,9-10H2,(H2,23,29)(H2,24,30)(H,25,27)(H,26,28). The molecule has 4 aromatic rings. The number of benzene rings is 2. The Morgan fingerprint density at radius 2 is 1.09 bits per heavy atom. The third-order valence-electron chi connectivity index (χ3n) is 4.63. The maximum atomic E-state index is 12.3. The Labute approximate surface area is 185 Å². The minimum atomic E-state index is -0.848. The summed E-state index contributed by atoms with van der Waals surface area (Å²) in [5.41, 5.74) is 11.6. The van der Waals surface area contributed by atoms with E-state index in [9.17, 15) is 19.2 Å². The molecule has 4 amide bonds. The predicted octanol–water partition coefficient (Wildman–Crippen LogP) is 1.97. The van der Waals surface area contributed by atoms with Crippen molar-refractivity contribution in [3.63, 3.8) is 0 Å². The van der Waals surface area contributed by atoms with Gasteiger partial charge in [0.1, 0.15) is 35.8 Å². The molecule has 0 spiro atoms. The van der Waals surface area contributed by atoms with Crippen LogP contribution in [0.2, 0.25) is 0 Å². The predicted molar refractivity (Wildman–Crippen MR) is 118 cm³/mol. The van der Waals surface area contributed by atoms with Gasteiger partial charge in [-0.05, 0) is 24.3 Å². The molecule has 0 bridgehead atoms. The van der Waals surface area contributed by atoms with Crippen LogP contribution in [0.15, 0.2) is 57.4 Å². The van der Waals surface area contributed by atoms with Crippen LogP contribution in [0, 0.1) is 0 Å². The molecule has 11 heteroatoms. The van der Waals surface area contributed by atoms with Crippen LogP contribution in [0.25, 0.3) is 21.9 Å². The first-order chi connectivity index (χ1) is 15.8.